The Balaban J connectivity index is 1.83. The topological polar surface area (TPSA) is 95.7 Å². The molecule has 0 saturated carbocycles. The minimum Gasteiger partial charge on any atom is -0.436 e. The maximum atomic E-state index is 11.5. The average molecular weight is 436 g/mol. The number of hydrogen-bond acceptors (Lipinski definition) is 6. The van der Waals surface area contributed by atoms with Gasteiger partial charge in [0.1, 0.15) is 23.1 Å². The number of anilines is 1. The summed E-state index contributed by atoms with van der Waals surface area (Å²) in [5.41, 5.74) is 3.60. The van der Waals surface area contributed by atoms with E-state index in [0.717, 1.165) is 11.1 Å². The van der Waals surface area contributed by atoms with Crippen LogP contribution in [-0.2, 0) is 0 Å². The third-order valence-corrected chi connectivity index (χ3v) is 5.11. The molecular weight excluding hydrogens is 416 g/mol. The molecule has 0 bridgehead atoms. The summed E-state index contributed by atoms with van der Waals surface area (Å²) in [6, 6.07) is 26.1. The van der Waals surface area contributed by atoms with Crippen LogP contribution in [-0.4, -0.2) is 25.2 Å². The van der Waals surface area contributed by atoms with Crippen LogP contribution in [0.25, 0.3) is 22.5 Å². The highest BCUT2D eigenvalue weighted by molar-refractivity contribution is 5.90. The Morgan fingerprint density at radius 3 is 2.21 bits per heavy atom. The van der Waals surface area contributed by atoms with Crippen molar-refractivity contribution in [3.8, 4) is 28.5 Å². The number of benzene rings is 3. The molecule has 0 aliphatic carbocycles. The minimum absolute atomic E-state index is 0.0288. The van der Waals surface area contributed by atoms with Gasteiger partial charge in [-0.05, 0) is 17.2 Å². The largest absolute Gasteiger partial charge is 0.436 e. The van der Waals surface area contributed by atoms with Gasteiger partial charge in [-0.15, -0.1) is 0 Å². The van der Waals surface area contributed by atoms with Gasteiger partial charge in [0.2, 0.25) is 5.88 Å². The summed E-state index contributed by atoms with van der Waals surface area (Å²) in [6.07, 6.45) is 1.47. The van der Waals surface area contributed by atoms with Crippen LogP contribution in [0.15, 0.2) is 88.3 Å². The third kappa shape index (κ3) is 4.36. The lowest BCUT2D eigenvalue weighted by atomic mass is 9.98. The second kappa shape index (κ2) is 9.20. The third-order valence-electron chi connectivity index (χ3n) is 5.11. The van der Waals surface area contributed by atoms with E-state index < -0.39 is 4.92 Å². The van der Waals surface area contributed by atoms with Crippen LogP contribution in [0.3, 0.4) is 0 Å². The monoisotopic (exact) mass is 436 g/mol. The SMILES string of the molecule is CN(C)c1ccc(/C=N/c2oc(-c3ccccc3)c(-c3ccccc3)c2C#N)cc1[N+](=O)[O-]. The van der Waals surface area contributed by atoms with Gasteiger partial charge in [0.25, 0.3) is 5.69 Å². The second-order valence-electron chi connectivity index (χ2n) is 7.49. The fourth-order valence-corrected chi connectivity index (χ4v) is 3.57. The molecule has 1 heterocycles. The highest BCUT2D eigenvalue weighted by Crippen LogP contribution is 2.42. The van der Waals surface area contributed by atoms with Crippen molar-refractivity contribution in [1.82, 2.24) is 0 Å². The van der Waals surface area contributed by atoms with Crippen LogP contribution in [0.5, 0.6) is 0 Å². The quantitative estimate of drug-likeness (QED) is 0.203. The number of nitro groups is 1. The Morgan fingerprint density at radius 1 is 1.00 bits per heavy atom. The summed E-state index contributed by atoms with van der Waals surface area (Å²) in [5.74, 6) is 0.689. The summed E-state index contributed by atoms with van der Waals surface area (Å²) in [7, 11) is 3.49. The minimum atomic E-state index is -0.429. The Labute approximate surface area is 191 Å². The second-order valence-corrected chi connectivity index (χ2v) is 7.49. The standard InChI is InChI=1S/C26H20N4O3/c1-29(2)22-14-13-18(15-23(22)30(31)32)17-28-26-21(16-27)24(19-9-5-3-6-10-19)25(33-26)20-11-7-4-8-12-20/h3-15,17H,1-2H3/b28-17+. The maximum Gasteiger partial charge on any atom is 0.293 e. The molecule has 0 aliphatic heterocycles. The van der Waals surface area contributed by atoms with Crippen molar-refractivity contribution in [3.05, 3.63) is 100 Å². The predicted octanol–water partition coefficient (Wildman–Crippen LogP) is 6.21. The van der Waals surface area contributed by atoms with Crippen LogP contribution >= 0.6 is 0 Å². The molecule has 0 unspecified atom stereocenters. The summed E-state index contributed by atoms with van der Waals surface area (Å²) >= 11 is 0. The molecule has 1 aromatic heterocycles. The predicted molar refractivity (Wildman–Crippen MR) is 129 cm³/mol. The summed E-state index contributed by atoms with van der Waals surface area (Å²) in [5, 5.41) is 21.4. The van der Waals surface area contributed by atoms with E-state index in [2.05, 4.69) is 11.1 Å². The van der Waals surface area contributed by atoms with Crippen molar-refractivity contribution >= 4 is 23.5 Å². The molecule has 7 nitrogen and oxygen atoms in total. The van der Waals surface area contributed by atoms with Gasteiger partial charge in [0.05, 0.1) is 4.92 Å². The van der Waals surface area contributed by atoms with Gasteiger partial charge >= 0.3 is 0 Å². The summed E-state index contributed by atoms with van der Waals surface area (Å²) < 4.78 is 6.08. The smallest absolute Gasteiger partial charge is 0.293 e. The van der Waals surface area contributed by atoms with Crippen molar-refractivity contribution in [2.75, 3.05) is 19.0 Å². The maximum absolute atomic E-state index is 11.5. The van der Waals surface area contributed by atoms with Crippen LogP contribution in [0, 0.1) is 21.4 Å². The zero-order valence-electron chi connectivity index (χ0n) is 18.1. The van der Waals surface area contributed by atoms with E-state index in [1.54, 1.807) is 31.1 Å². The van der Waals surface area contributed by atoms with E-state index in [9.17, 15) is 15.4 Å². The molecule has 0 aliphatic rings. The number of nitro benzene ring substituents is 1. The number of rotatable bonds is 6. The van der Waals surface area contributed by atoms with Crippen LogP contribution in [0.4, 0.5) is 17.3 Å². The number of nitrogens with zero attached hydrogens (tertiary/aromatic N) is 4. The lowest BCUT2D eigenvalue weighted by Gasteiger charge is -2.12. The first-order valence-electron chi connectivity index (χ1n) is 10.2. The average Bonchev–Trinajstić information content (AvgIpc) is 3.22. The summed E-state index contributed by atoms with van der Waals surface area (Å²) in [4.78, 5) is 17.1. The van der Waals surface area contributed by atoms with Gasteiger partial charge in [-0.25, -0.2) is 4.99 Å². The molecule has 3 aromatic carbocycles. The Morgan fingerprint density at radius 2 is 1.64 bits per heavy atom. The normalized spacial score (nSPS) is 10.8. The number of hydrogen-bond donors (Lipinski definition) is 0. The molecule has 7 heteroatoms. The molecule has 0 amide bonds. The Kier molecular flexibility index (Phi) is 6.00. The number of nitriles is 1. The molecular formula is C26H20N4O3. The van der Waals surface area contributed by atoms with E-state index in [0.29, 0.717) is 28.1 Å². The highest BCUT2D eigenvalue weighted by Gasteiger charge is 2.22. The van der Waals surface area contributed by atoms with Crippen molar-refractivity contribution in [1.29, 1.82) is 5.26 Å². The molecule has 33 heavy (non-hydrogen) atoms. The zero-order chi connectivity index (χ0) is 23.4. The highest BCUT2D eigenvalue weighted by atomic mass is 16.6. The lowest BCUT2D eigenvalue weighted by molar-refractivity contribution is -0.384. The molecule has 4 aromatic rings. The van der Waals surface area contributed by atoms with Crippen molar-refractivity contribution in [3.63, 3.8) is 0 Å². The molecule has 162 valence electrons. The van der Waals surface area contributed by atoms with Gasteiger partial charge in [0.15, 0.2) is 0 Å². The lowest BCUT2D eigenvalue weighted by Crippen LogP contribution is -2.11. The fourth-order valence-electron chi connectivity index (χ4n) is 3.57. The van der Waals surface area contributed by atoms with E-state index in [-0.39, 0.29) is 11.6 Å². The van der Waals surface area contributed by atoms with Gasteiger partial charge in [-0.2, -0.15) is 5.26 Å². The Bertz CT molecular complexity index is 1370. The first-order chi connectivity index (χ1) is 16.0. The number of furan rings is 1. The summed E-state index contributed by atoms with van der Waals surface area (Å²) in [6.45, 7) is 0. The zero-order valence-corrected chi connectivity index (χ0v) is 18.1. The molecule has 4 rings (SSSR count). The van der Waals surface area contributed by atoms with Crippen LogP contribution in [0.1, 0.15) is 11.1 Å². The van der Waals surface area contributed by atoms with Gasteiger partial charge in [0, 0.05) is 37.5 Å². The molecule has 0 fully saturated rings. The van der Waals surface area contributed by atoms with Crippen molar-refractivity contribution < 1.29 is 9.34 Å². The number of aliphatic imine (C=N–C) groups is 1. The molecule has 0 atom stereocenters. The van der Waals surface area contributed by atoms with Gasteiger partial charge < -0.3 is 9.32 Å². The molecule has 0 radical (unpaired) electrons. The first-order valence-corrected chi connectivity index (χ1v) is 10.2. The molecule has 0 spiro atoms. The van der Waals surface area contributed by atoms with Gasteiger partial charge in [-0.3, -0.25) is 10.1 Å². The van der Waals surface area contributed by atoms with E-state index in [1.165, 1.54) is 12.3 Å². The van der Waals surface area contributed by atoms with E-state index in [4.69, 9.17) is 4.42 Å². The van der Waals surface area contributed by atoms with E-state index in [1.807, 2.05) is 60.7 Å². The van der Waals surface area contributed by atoms with Crippen LogP contribution < -0.4 is 4.90 Å². The van der Waals surface area contributed by atoms with Crippen LogP contribution in [0.2, 0.25) is 0 Å². The fraction of sp³-hybridized carbons (Fsp3) is 0.0769. The molecule has 0 saturated heterocycles. The Hall–Kier alpha value is -4.70. The molecule has 0 N–H and O–H groups in total. The van der Waals surface area contributed by atoms with Gasteiger partial charge in [-0.1, -0.05) is 66.7 Å². The first kappa shape index (κ1) is 21.5. The van der Waals surface area contributed by atoms with Crippen molar-refractivity contribution in [2.24, 2.45) is 4.99 Å². The van der Waals surface area contributed by atoms with E-state index >= 15 is 0 Å². The van der Waals surface area contributed by atoms with Crippen molar-refractivity contribution in [2.45, 2.75) is 0 Å².